The van der Waals surface area contributed by atoms with Crippen molar-refractivity contribution in [2.75, 3.05) is 39.4 Å². The molecule has 1 aliphatic heterocycles. The van der Waals surface area contributed by atoms with Crippen molar-refractivity contribution < 1.29 is 27.7 Å². The van der Waals surface area contributed by atoms with Crippen molar-refractivity contribution in [1.82, 2.24) is 26.0 Å². The molecule has 0 saturated carbocycles. The molecule has 1 saturated heterocycles. The Kier molecular flexibility index (Phi) is 7.56. The van der Waals surface area contributed by atoms with Gasteiger partial charge in [-0.15, -0.1) is 0 Å². The molecule has 1 fully saturated rings. The fourth-order valence-corrected chi connectivity index (χ4v) is 3.14. The molecule has 1 aromatic carbocycles. The molecule has 1 unspecified atom stereocenters. The van der Waals surface area contributed by atoms with Gasteiger partial charge in [0.1, 0.15) is 11.4 Å². The van der Waals surface area contributed by atoms with Crippen molar-refractivity contribution in [2.45, 2.75) is 25.2 Å². The van der Waals surface area contributed by atoms with Gasteiger partial charge in [-0.3, -0.25) is 4.90 Å². The van der Waals surface area contributed by atoms with Crippen LogP contribution in [0.25, 0.3) is 0 Å². The number of nitrogens with one attached hydrogen (secondary N) is 2. The van der Waals surface area contributed by atoms with Gasteiger partial charge >= 0.3 is 6.18 Å². The van der Waals surface area contributed by atoms with E-state index in [9.17, 15) is 18.4 Å². The summed E-state index contributed by atoms with van der Waals surface area (Å²) in [7, 11) is 0. The molecule has 1 aliphatic rings. The van der Waals surface area contributed by atoms with Crippen molar-refractivity contribution in [2.24, 2.45) is 0 Å². The number of aromatic nitrogens is 2. The van der Waals surface area contributed by atoms with Gasteiger partial charge in [0.2, 0.25) is 0 Å². The van der Waals surface area contributed by atoms with E-state index in [1.807, 2.05) is 0 Å². The Morgan fingerprint density at radius 2 is 1.86 bits per heavy atom. The fourth-order valence-electron chi connectivity index (χ4n) is 3.14. The molecule has 0 amide bonds. The highest BCUT2D eigenvalue weighted by molar-refractivity contribution is 5.26. The first-order chi connectivity index (χ1) is 14.0. The van der Waals surface area contributed by atoms with Crippen LogP contribution in [0.3, 0.4) is 0 Å². The smallest absolute Gasteiger partial charge is 0.379 e. The number of nitrogens with zero attached hydrogens (tertiary/aromatic N) is 3. The fraction of sp³-hybridized carbons (Fsp3) is 0.556. The maximum absolute atomic E-state index is 12.7. The molecular formula is C18H24F3N5O3. The van der Waals surface area contributed by atoms with Crippen molar-refractivity contribution in [3.05, 3.63) is 46.8 Å². The van der Waals surface area contributed by atoms with Crippen LogP contribution in [0.4, 0.5) is 13.2 Å². The lowest BCUT2D eigenvalue weighted by Crippen LogP contribution is -2.40. The number of rotatable bonds is 9. The van der Waals surface area contributed by atoms with Crippen LogP contribution in [-0.2, 0) is 23.9 Å². The van der Waals surface area contributed by atoms with E-state index >= 15 is 0 Å². The zero-order chi connectivity index (χ0) is 20.7. The number of benzene rings is 1. The second-order valence-electron chi connectivity index (χ2n) is 6.81. The number of hydroxylamine groups is 1. The number of halogens is 3. The third-order valence-corrected chi connectivity index (χ3v) is 4.79. The quantitative estimate of drug-likeness (QED) is 0.421. The zero-order valence-electron chi connectivity index (χ0n) is 15.8. The number of ether oxygens (including phenoxy) is 1. The number of hydrogen-bond donors (Lipinski definition) is 3. The molecule has 2 heterocycles. The van der Waals surface area contributed by atoms with Gasteiger partial charge in [0.25, 0.3) is 0 Å². The van der Waals surface area contributed by atoms with Crippen LogP contribution in [0.2, 0.25) is 0 Å². The lowest BCUT2D eigenvalue weighted by Gasteiger charge is -2.26. The molecule has 3 N–H and O–H groups in total. The topological polar surface area (TPSA) is 95.7 Å². The number of morpholine rings is 1. The highest BCUT2D eigenvalue weighted by Gasteiger charge is 2.30. The Morgan fingerprint density at radius 1 is 1.14 bits per heavy atom. The predicted octanol–water partition coefficient (Wildman–Crippen LogP) is 1.77. The van der Waals surface area contributed by atoms with Crippen LogP contribution < -0.4 is 10.8 Å². The first kappa shape index (κ1) is 21.7. The van der Waals surface area contributed by atoms with Gasteiger partial charge in [0.05, 0.1) is 24.8 Å². The van der Waals surface area contributed by atoms with Gasteiger partial charge in [-0.25, -0.2) is 4.63 Å². The molecule has 11 heteroatoms. The maximum atomic E-state index is 12.7. The van der Waals surface area contributed by atoms with Gasteiger partial charge in [0, 0.05) is 32.7 Å². The maximum Gasteiger partial charge on any atom is 0.416 e. The van der Waals surface area contributed by atoms with Crippen LogP contribution >= 0.6 is 0 Å². The average Bonchev–Trinajstić information content (AvgIpc) is 3.18. The van der Waals surface area contributed by atoms with Crippen LogP contribution in [0.15, 0.2) is 28.9 Å². The Labute approximate surface area is 165 Å². The first-order valence-electron chi connectivity index (χ1n) is 9.35. The van der Waals surface area contributed by atoms with Gasteiger partial charge in [-0.2, -0.15) is 18.7 Å². The molecule has 0 spiro atoms. The summed E-state index contributed by atoms with van der Waals surface area (Å²) >= 11 is 0. The molecule has 3 rings (SSSR count). The predicted molar refractivity (Wildman–Crippen MR) is 96.1 cm³/mol. The van der Waals surface area contributed by atoms with Crippen LogP contribution in [0, 0.1) is 0 Å². The minimum absolute atomic E-state index is 0.226. The normalized spacial score (nSPS) is 16.8. The number of alkyl halides is 3. The van der Waals surface area contributed by atoms with E-state index in [0.29, 0.717) is 23.5 Å². The molecule has 2 aromatic rings. The van der Waals surface area contributed by atoms with Crippen LogP contribution in [-0.4, -0.2) is 59.8 Å². The Hall–Kier alpha value is -2.05. The van der Waals surface area contributed by atoms with Crippen molar-refractivity contribution in [3.63, 3.8) is 0 Å². The molecule has 0 radical (unpaired) electrons. The zero-order valence-corrected chi connectivity index (χ0v) is 15.8. The van der Waals surface area contributed by atoms with E-state index in [0.717, 1.165) is 51.5 Å². The molecule has 1 aromatic heterocycles. The molecular weight excluding hydrogens is 391 g/mol. The highest BCUT2D eigenvalue weighted by atomic mass is 19.4. The summed E-state index contributed by atoms with van der Waals surface area (Å²) in [5, 5.41) is 20.5. The molecule has 29 heavy (non-hydrogen) atoms. The third kappa shape index (κ3) is 6.21. The van der Waals surface area contributed by atoms with Gasteiger partial charge < -0.3 is 15.3 Å². The summed E-state index contributed by atoms with van der Waals surface area (Å²) in [6, 6.07) is 4.12. The van der Waals surface area contributed by atoms with E-state index in [2.05, 4.69) is 26.0 Å². The molecule has 160 valence electrons. The Bertz CT molecular complexity index is 748. The summed E-state index contributed by atoms with van der Waals surface area (Å²) in [6.45, 7) is 5.30. The summed E-state index contributed by atoms with van der Waals surface area (Å²) in [6.07, 6.45) is -4.16. The SMILES string of the molecule is ONC(Cc1ccc(C(F)(F)F)cc1)c1nonc1CNCCN1CCOCC1. The van der Waals surface area contributed by atoms with Crippen LogP contribution in [0.1, 0.15) is 28.6 Å². The van der Waals surface area contributed by atoms with Gasteiger partial charge in [-0.1, -0.05) is 22.4 Å². The van der Waals surface area contributed by atoms with E-state index in [-0.39, 0.29) is 6.42 Å². The van der Waals surface area contributed by atoms with E-state index in [1.54, 1.807) is 0 Å². The Morgan fingerprint density at radius 3 is 2.52 bits per heavy atom. The first-order valence-corrected chi connectivity index (χ1v) is 9.35. The molecule has 1 atom stereocenters. The third-order valence-electron chi connectivity index (χ3n) is 4.79. The summed E-state index contributed by atoms with van der Waals surface area (Å²) in [4.78, 5) is 2.29. The van der Waals surface area contributed by atoms with E-state index in [4.69, 9.17) is 9.37 Å². The number of hydrogen-bond acceptors (Lipinski definition) is 8. The molecule has 0 bridgehead atoms. The molecule has 8 nitrogen and oxygen atoms in total. The van der Waals surface area contributed by atoms with Crippen molar-refractivity contribution in [3.8, 4) is 0 Å². The second-order valence-corrected chi connectivity index (χ2v) is 6.81. The van der Waals surface area contributed by atoms with Crippen molar-refractivity contribution >= 4 is 0 Å². The summed E-state index contributed by atoms with van der Waals surface area (Å²) < 4.78 is 48.2. The van der Waals surface area contributed by atoms with Gasteiger partial charge in [0.15, 0.2) is 0 Å². The lowest BCUT2D eigenvalue weighted by atomic mass is 10.0. The lowest BCUT2D eigenvalue weighted by molar-refractivity contribution is -0.137. The average molecular weight is 415 g/mol. The summed E-state index contributed by atoms with van der Waals surface area (Å²) in [5.41, 5.74) is 2.98. The monoisotopic (exact) mass is 415 g/mol. The van der Waals surface area contributed by atoms with Gasteiger partial charge in [-0.05, 0) is 24.1 Å². The highest BCUT2D eigenvalue weighted by Crippen LogP contribution is 2.29. The minimum atomic E-state index is -4.39. The van der Waals surface area contributed by atoms with Crippen LogP contribution in [0.5, 0.6) is 0 Å². The van der Waals surface area contributed by atoms with Crippen molar-refractivity contribution in [1.29, 1.82) is 0 Å². The van der Waals surface area contributed by atoms with E-state index in [1.165, 1.54) is 12.1 Å². The summed E-state index contributed by atoms with van der Waals surface area (Å²) in [5.74, 6) is 0. The second kappa shape index (κ2) is 10.1. The molecule has 0 aliphatic carbocycles. The largest absolute Gasteiger partial charge is 0.416 e. The standard InChI is InChI=1S/C18H24F3N5O3/c19-18(20,21)14-3-1-13(2-4-14)11-15(23-27)17-16(24-29-25-17)12-22-5-6-26-7-9-28-10-8-26/h1-4,15,22-23,27H,5-12H2. The Balaban J connectivity index is 1.54. The van der Waals surface area contributed by atoms with E-state index < -0.39 is 17.8 Å². The minimum Gasteiger partial charge on any atom is -0.379 e.